The van der Waals surface area contributed by atoms with E-state index in [0.29, 0.717) is 11.8 Å². The summed E-state index contributed by atoms with van der Waals surface area (Å²) in [5, 5.41) is 2.66. The normalized spacial score (nSPS) is 14.4. The molecule has 5 nitrogen and oxygen atoms in total. The van der Waals surface area contributed by atoms with Gasteiger partial charge >= 0.3 is 0 Å². The van der Waals surface area contributed by atoms with Gasteiger partial charge in [0, 0.05) is 19.8 Å². The summed E-state index contributed by atoms with van der Waals surface area (Å²) in [5.74, 6) is -0.323. The highest BCUT2D eigenvalue weighted by molar-refractivity contribution is 5.95. The third-order valence-corrected chi connectivity index (χ3v) is 3.27. The van der Waals surface area contributed by atoms with Crippen molar-refractivity contribution < 1.29 is 19.1 Å². The van der Waals surface area contributed by atoms with E-state index in [1.54, 1.807) is 38.1 Å². The van der Waals surface area contributed by atoms with Gasteiger partial charge < -0.3 is 19.6 Å². The molecular weight excluding hydrogens is 258 g/mol. The number of aldehydes is 1. The lowest BCUT2D eigenvalue weighted by atomic mass is 9.95. The predicted molar refractivity (Wildman–Crippen MR) is 75.6 cm³/mol. The van der Waals surface area contributed by atoms with Crippen LogP contribution in [0.1, 0.15) is 24.2 Å². The number of amides is 1. The average Bonchev–Trinajstić information content (AvgIpc) is 2.47. The molecule has 0 aliphatic heterocycles. The second-order valence-electron chi connectivity index (χ2n) is 4.97. The largest absolute Gasteiger partial charge is 0.376 e. The minimum atomic E-state index is -0.789. The molecule has 1 aromatic carbocycles. The van der Waals surface area contributed by atoms with Crippen molar-refractivity contribution in [3.05, 3.63) is 35.9 Å². The Morgan fingerprint density at radius 2 is 1.85 bits per heavy atom. The molecule has 0 saturated heterocycles. The third kappa shape index (κ3) is 3.88. The van der Waals surface area contributed by atoms with E-state index in [-0.39, 0.29) is 5.91 Å². The van der Waals surface area contributed by atoms with Crippen molar-refractivity contribution in [2.24, 2.45) is 0 Å². The van der Waals surface area contributed by atoms with Gasteiger partial charge in [-0.25, -0.2) is 0 Å². The lowest BCUT2D eigenvalue weighted by Gasteiger charge is -2.35. The fourth-order valence-corrected chi connectivity index (χ4v) is 1.98. The summed E-state index contributed by atoms with van der Waals surface area (Å²) in [7, 11) is 3.02. The standard InChI is InChI=1S/C15H21NO4/c1-15(2,20-4)13(19-3)12(10-17)16-14(18)11-8-6-5-7-9-11/h5-10,12-13H,1-4H3,(H,16,18)/t12-,13?/m1/s1. The van der Waals surface area contributed by atoms with Crippen LogP contribution in [0.3, 0.4) is 0 Å². The Bertz CT molecular complexity index is 444. The van der Waals surface area contributed by atoms with E-state index >= 15 is 0 Å². The van der Waals surface area contributed by atoms with E-state index < -0.39 is 17.7 Å². The number of carbonyl (C=O) groups excluding carboxylic acids is 2. The molecule has 1 N–H and O–H groups in total. The number of rotatable bonds is 7. The van der Waals surface area contributed by atoms with E-state index in [0.717, 1.165) is 0 Å². The quantitative estimate of drug-likeness (QED) is 0.767. The molecule has 0 bridgehead atoms. The SMILES string of the molecule is COC([C@@H](C=O)NC(=O)c1ccccc1)C(C)(C)OC. The molecule has 0 saturated carbocycles. The first-order chi connectivity index (χ1) is 9.46. The first-order valence-corrected chi connectivity index (χ1v) is 6.35. The molecule has 20 heavy (non-hydrogen) atoms. The molecule has 2 atom stereocenters. The van der Waals surface area contributed by atoms with Gasteiger partial charge in [-0.1, -0.05) is 18.2 Å². The number of carbonyl (C=O) groups is 2. The maximum atomic E-state index is 12.1. The Morgan fingerprint density at radius 1 is 1.25 bits per heavy atom. The highest BCUT2D eigenvalue weighted by Crippen LogP contribution is 2.19. The third-order valence-electron chi connectivity index (χ3n) is 3.27. The molecule has 0 aliphatic carbocycles. The van der Waals surface area contributed by atoms with E-state index in [9.17, 15) is 9.59 Å². The number of nitrogens with one attached hydrogen (secondary N) is 1. The minimum Gasteiger partial charge on any atom is -0.376 e. The Morgan fingerprint density at radius 3 is 2.30 bits per heavy atom. The summed E-state index contributed by atoms with van der Waals surface area (Å²) >= 11 is 0. The first kappa shape index (κ1) is 16.3. The molecule has 0 spiro atoms. The van der Waals surface area contributed by atoms with Gasteiger partial charge in [0.2, 0.25) is 0 Å². The van der Waals surface area contributed by atoms with E-state index in [1.165, 1.54) is 14.2 Å². The van der Waals surface area contributed by atoms with Gasteiger partial charge in [0.15, 0.2) is 0 Å². The van der Waals surface area contributed by atoms with Crippen LogP contribution in [0.5, 0.6) is 0 Å². The number of benzene rings is 1. The van der Waals surface area contributed by atoms with Gasteiger partial charge in [-0.3, -0.25) is 4.79 Å². The zero-order valence-electron chi connectivity index (χ0n) is 12.3. The first-order valence-electron chi connectivity index (χ1n) is 6.35. The summed E-state index contributed by atoms with van der Waals surface area (Å²) in [5.41, 5.74) is -0.214. The maximum Gasteiger partial charge on any atom is 0.251 e. The second-order valence-corrected chi connectivity index (χ2v) is 4.97. The zero-order valence-corrected chi connectivity index (χ0v) is 12.3. The van der Waals surface area contributed by atoms with Crippen molar-refractivity contribution in [3.8, 4) is 0 Å². The molecule has 1 rings (SSSR count). The van der Waals surface area contributed by atoms with Crippen molar-refractivity contribution in [2.75, 3.05) is 14.2 Å². The van der Waals surface area contributed by atoms with Crippen LogP contribution in [0.25, 0.3) is 0 Å². The molecule has 1 aromatic rings. The van der Waals surface area contributed by atoms with Gasteiger partial charge in [0.25, 0.3) is 5.91 Å². The molecule has 1 amide bonds. The number of hydrogen-bond donors (Lipinski definition) is 1. The van der Waals surface area contributed by atoms with Crippen LogP contribution in [0.15, 0.2) is 30.3 Å². The number of methoxy groups -OCH3 is 2. The fraction of sp³-hybridized carbons (Fsp3) is 0.467. The zero-order chi connectivity index (χ0) is 15.2. The van der Waals surface area contributed by atoms with E-state index in [2.05, 4.69) is 5.32 Å². The van der Waals surface area contributed by atoms with Crippen LogP contribution < -0.4 is 5.32 Å². The monoisotopic (exact) mass is 279 g/mol. The molecule has 0 aromatic heterocycles. The Hall–Kier alpha value is -1.72. The van der Waals surface area contributed by atoms with Gasteiger partial charge in [0.05, 0.1) is 5.60 Å². The minimum absolute atomic E-state index is 0.323. The second kappa shape index (κ2) is 7.17. The number of ether oxygens (including phenoxy) is 2. The van der Waals surface area contributed by atoms with Crippen molar-refractivity contribution in [1.29, 1.82) is 0 Å². The van der Waals surface area contributed by atoms with Crippen LogP contribution in [-0.2, 0) is 14.3 Å². The van der Waals surface area contributed by atoms with Crippen molar-refractivity contribution in [2.45, 2.75) is 31.6 Å². The molecule has 0 aliphatic rings. The molecule has 0 heterocycles. The smallest absolute Gasteiger partial charge is 0.251 e. The fourth-order valence-electron chi connectivity index (χ4n) is 1.98. The molecule has 0 fully saturated rings. The number of hydrogen-bond acceptors (Lipinski definition) is 4. The van der Waals surface area contributed by atoms with Crippen LogP contribution >= 0.6 is 0 Å². The Labute approximate surface area is 119 Å². The molecular formula is C15H21NO4. The predicted octanol–water partition coefficient (Wildman–Crippen LogP) is 1.42. The molecule has 1 unspecified atom stereocenters. The van der Waals surface area contributed by atoms with Crippen LogP contribution in [0.2, 0.25) is 0 Å². The Balaban J connectivity index is 2.86. The van der Waals surface area contributed by atoms with Crippen LogP contribution in [0.4, 0.5) is 0 Å². The highest BCUT2D eigenvalue weighted by Gasteiger charge is 2.37. The van der Waals surface area contributed by atoms with Gasteiger partial charge in [-0.05, 0) is 26.0 Å². The van der Waals surface area contributed by atoms with E-state index in [1.807, 2.05) is 6.07 Å². The lowest BCUT2D eigenvalue weighted by Crippen LogP contribution is -2.55. The average molecular weight is 279 g/mol. The van der Waals surface area contributed by atoms with Gasteiger partial charge in [-0.2, -0.15) is 0 Å². The lowest BCUT2D eigenvalue weighted by molar-refractivity contribution is -0.128. The molecule has 5 heteroatoms. The highest BCUT2D eigenvalue weighted by atomic mass is 16.5. The summed E-state index contributed by atoms with van der Waals surface area (Å²) in [6, 6.07) is 7.92. The maximum absolute atomic E-state index is 12.1. The van der Waals surface area contributed by atoms with Gasteiger partial charge in [0.1, 0.15) is 18.4 Å². The topological polar surface area (TPSA) is 64.6 Å². The van der Waals surface area contributed by atoms with Crippen LogP contribution in [0, 0.1) is 0 Å². The van der Waals surface area contributed by atoms with Crippen LogP contribution in [-0.4, -0.2) is 44.2 Å². The molecule has 110 valence electrons. The van der Waals surface area contributed by atoms with Crippen molar-refractivity contribution in [1.82, 2.24) is 5.32 Å². The summed E-state index contributed by atoms with van der Waals surface area (Å²) in [6.45, 7) is 3.60. The van der Waals surface area contributed by atoms with Crippen molar-refractivity contribution >= 4 is 12.2 Å². The van der Waals surface area contributed by atoms with Gasteiger partial charge in [-0.15, -0.1) is 0 Å². The summed E-state index contributed by atoms with van der Waals surface area (Å²) < 4.78 is 10.7. The summed E-state index contributed by atoms with van der Waals surface area (Å²) in [4.78, 5) is 23.4. The van der Waals surface area contributed by atoms with Crippen molar-refractivity contribution in [3.63, 3.8) is 0 Å². The summed E-state index contributed by atoms with van der Waals surface area (Å²) in [6.07, 6.45) is 0.0770. The Kier molecular flexibility index (Phi) is 5.85. The molecule has 0 radical (unpaired) electrons. The van der Waals surface area contributed by atoms with E-state index in [4.69, 9.17) is 9.47 Å².